The third-order valence-electron chi connectivity index (χ3n) is 4.91. The first kappa shape index (κ1) is 19.7. The van der Waals surface area contributed by atoms with Gasteiger partial charge in [-0.3, -0.25) is 9.10 Å². The van der Waals surface area contributed by atoms with Crippen LogP contribution in [0.2, 0.25) is 0 Å². The summed E-state index contributed by atoms with van der Waals surface area (Å²) in [5, 5.41) is 14.0. The first-order valence-electron chi connectivity index (χ1n) is 9.19. The highest BCUT2D eigenvalue weighted by molar-refractivity contribution is 7.92. The lowest BCUT2D eigenvalue weighted by molar-refractivity contribution is -0.605. The minimum Gasteiger partial charge on any atom is -0.619 e. The second kappa shape index (κ2) is 7.68. The molecule has 0 saturated heterocycles. The molecular weight excluding hydrogens is 406 g/mol. The second-order valence-electron chi connectivity index (χ2n) is 6.72. The Hall–Kier alpha value is -3.59. The van der Waals surface area contributed by atoms with Crippen molar-refractivity contribution >= 4 is 27.3 Å². The molecule has 4 rings (SSSR count). The Morgan fingerprint density at radius 2 is 1.80 bits per heavy atom. The molecule has 0 bridgehead atoms. The molecule has 0 fully saturated rings. The molecule has 0 saturated carbocycles. The smallest absolute Gasteiger partial charge is 0.264 e. The van der Waals surface area contributed by atoms with Gasteiger partial charge in [-0.1, -0.05) is 12.1 Å². The number of carbonyl (C=O) groups is 1. The van der Waals surface area contributed by atoms with Crippen LogP contribution < -0.4 is 19.1 Å². The molecule has 3 aromatic rings. The van der Waals surface area contributed by atoms with Crippen LogP contribution in [-0.2, 0) is 16.4 Å². The summed E-state index contributed by atoms with van der Waals surface area (Å²) in [7, 11) is -2.31. The largest absolute Gasteiger partial charge is 0.619 e. The van der Waals surface area contributed by atoms with Crippen molar-refractivity contribution in [2.24, 2.45) is 0 Å². The van der Waals surface area contributed by atoms with E-state index >= 15 is 0 Å². The van der Waals surface area contributed by atoms with E-state index in [1.54, 1.807) is 24.3 Å². The van der Waals surface area contributed by atoms with Gasteiger partial charge in [0.15, 0.2) is 12.4 Å². The summed E-state index contributed by atoms with van der Waals surface area (Å²) in [5.41, 5.74) is 1.97. The summed E-state index contributed by atoms with van der Waals surface area (Å²) in [5.74, 6) is 0.128. The molecule has 2 heterocycles. The van der Waals surface area contributed by atoms with Gasteiger partial charge < -0.3 is 15.3 Å². The topological polar surface area (TPSA) is 103 Å². The monoisotopic (exact) mass is 425 g/mol. The van der Waals surface area contributed by atoms with E-state index in [1.807, 2.05) is 6.07 Å². The number of para-hydroxylation sites is 1. The van der Waals surface area contributed by atoms with Crippen molar-refractivity contribution in [3.8, 4) is 5.75 Å². The summed E-state index contributed by atoms with van der Waals surface area (Å²) in [6, 6.07) is 14.3. The summed E-state index contributed by atoms with van der Waals surface area (Å²) in [6.45, 7) is 0.276. The van der Waals surface area contributed by atoms with Gasteiger partial charge in [-0.15, -0.1) is 0 Å². The average molecular weight is 425 g/mol. The Labute approximate surface area is 174 Å². The van der Waals surface area contributed by atoms with E-state index < -0.39 is 15.9 Å². The van der Waals surface area contributed by atoms with Gasteiger partial charge in [0.1, 0.15) is 5.75 Å². The van der Waals surface area contributed by atoms with Gasteiger partial charge in [-0.2, -0.15) is 4.73 Å². The molecule has 1 N–H and O–H groups in total. The number of anilines is 2. The number of ether oxygens (including phenoxy) is 1. The summed E-state index contributed by atoms with van der Waals surface area (Å²) in [4.78, 5) is 12.8. The summed E-state index contributed by atoms with van der Waals surface area (Å²) in [6.07, 6.45) is 2.99. The van der Waals surface area contributed by atoms with Crippen molar-refractivity contribution in [1.82, 2.24) is 0 Å². The highest BCUT2D eigenvalue weighted by Crippen LogP contribution is 2.39. The van der Waals surface area contributed by atoms with Crippen LogP contribution in [0.25, 0.3) is 0 Å². The minimum absolute atomic E-state index is 0.139. The number of hydrogen-bond acceptors (Lipinski definition) is 5. The maximum atomic E-state index is 13.3. The number of amides is 1. The van der Waals surface area contributed by atoms with E-state index in [0.717, 1.165) is 5.56 Å². The molecule has 30 heavy (non-hydrogen) atoms. The number of pyridine rings is 1. The fraction of sp³-hybridized carbons (Fsp3) is 0.143. The predicted octanol–water partition coefficient (Wildman–Crippen LogP) is 2.33. The molecule has 1 aliphatic rings. The molecule has 9 heteroatoms. The zero-order chi connectivity index (χ0) is 21.3. The van der Waals surface area contributed by atoms with Crippen LogP contribution in [0.5, 0.6) is 5.75 Å². The van der Waals surface area contributed by atoms with Crippen LogP contribution in [-0.4, -0.2) is 28.0 Å². The van der Waals surface area contributed by atoms with Gasteiger partial charge in [-0.05, 0) is 42.3 Å². The molecule has 8 nitrogen and oxygen atoms in total. The van der Waals surface area contributed by atoms with Crippen molar-refractivity contribution in [2.45, 2.75) is 11.3 Å². The molecule has 2 aromatic carbocycles. The maximum Gasteiger partial charge on any atom is 0.264 e. The van der Waals surface area contributed by atoms with E-state index in [9.17, 15) is 18.4 Å². The fourth-order valence-corrected chi connectivity index (χ4v) is 4.92. The van der Waals surface area contributed by atoms with Gasteiger partial charge >= 0.3 is 0 Å². The number of methoxy groups -OCH3 is 1. The number of fused-ring (bicyclic) bond motifs is 1. The molecule has 0 atom stereocenters. The van der Waals surface area contributed by atoms with Crippen molar-refractivity contribution in [1.29, 1.82) is 0 Å². The number of hydrogen-bond donors (Lipinski definition) is 1. The Kier molecular flexibility index (Phi) is 5.04. The fourth-order valence-electron chi connectivity index (χ4n) is 3.40. The molecule has 1 amide bonds. The van der Waals surface area contributed by atoms with Gasteiger partial charge in [-0.25, -0.2) is 8.42 Å². The molecule has 0 unspecified atom stereocenters. The van der Waals surface area contributed by atoms with Gasteiger partial charge in [0.25, 0.3) is 15.9 Å². The van der Waals surface area contributed by atoms with Gasteiger partial charge in [0, 0.05) is 18.7 Å². The van der Waals surface area contributed by atoms with Crippen LogP contribution in [0, 0.1) is 5.21 Å². The summed E-state index contributed by atoms with van der Waals surface area (Å²) >= 11 is 0. The number of aromatic nitrogens is 1. The Bertz CT molecular complexity index is 1190. The molecule has 1 aromatic heterocycles. The molecule has 0 aliphatic carbocycles. The quantitative estimate of drug-likeness (QED) is 0.499. The zero-order valence-corrected chi connectivity index (χ0v) is 16.9. The number of benzene rings is 2. The molecule has 0 radical (unpaired) electrons. The number of sulfonamides is 1. The van der Waals surface area contributed by atoms with Crippen molar-refractivity contribution < 1.29 is 22.7 Å². The average Bonchev–Trinajstić information content (AvgIpc) is 3.20. The van der Waals surface area contributed by atoms with E-state index in [4.69, 9.17) is 4.74 Å². The third-order valence-corrected chi connectivity index (χ3v) is 6.73. The normalized spacial score (nSPS) is 13.0. The molecular formula is C21H19N3O5S. The SMILES string of the molecule is COc1ccc(S(=O)(=O)N2CCc3cccc(NC(=O)c4cc[n+]([O-])cc4)c32)cc1. The van der Waals surface area contributed by atoms with Crippen LogP contribution in [0.3, 0.4) is 0 Å². The van der Waals surface area contributed by atoms with Crippen LogP contribution in [0.4, 0.5) is 11.4 Å². The Morgan fingerprint density at radius 1 is 1.10 bits per heavy atom. The van der Waals surface area contributed by atoms with Gasteiger partial charge in [0.05, 0.1) is 28.9 Å². The van der Waals surface area contributed by atoms with E-state index in [-0.39, 0.29) is 11.4 Å². The van der Waals surface area contributed by atoms with Crippen molar-refractivity contribution in [3.63, 3.8) is 0 Å². The highest BCUT2D eigenvalue weighted by atomic mass is 32.2. The van der Waals surface area contributed by atoms with Crippen LogP contribution in [0.1, 0.15) is 15.9 Å². The molecule has 0 spiro atoms. The van der Waals surface area contributed by atoms with Crippen LogP contribution in [0.15, 0.2) is 71.9 Å². The molecule has 1 aliphatic heterocycles. The van der Waals surface area contributed by atoms with Gasteiger partial charge in [0.2, 0.25) is 0 Å². The number of rotatable bonds is 5. The Balaban J connectivity index is 1.68. The number of nitrogens with one attached hydrogen (secondary N) is 1. The van der Waals surface area contributed by atoms with Crippen molar-refractivity contribution in [2.75, 3.05) is 23.3 Å². The Morgan fingerprint density at radius 3 is 2.47 bits per heavy atom. The first-order chi connectivity index (χ1) is 14.4. The second-order valence-corrected chi connectivity index (χ2v) is 8.58. The van der Waals surface area contributed by atoms with E-state index in [2.05, 4.69) is 5.32 Å². The van der Waals surface area contributed by atoms with Crippen LogP contribution >= 0.6 is 0 Å². The van der Waals surface area contributed by atoms with Crippen molar-refractivity contribution in [3.05, 3.63) is 83.3 Å². The standard InChI is InChI=1S/C21H19N3O5S/c1-29-17-5-7-18(8-6-17)30(27,28)24-14-11-15-3-2-4-19(20(15)24)22-21(25)16-9-12-23(26)13-10-16/h2-10,12-13H,11,14H2,1H3,(H,22,25). The predicted molar refractivity (Wildman–Crippen MR) is 111 cm³/mol. The first-order valence-corrected chi connectivity index (χ1v) is 10.6. The molecule has 154 valence electrons. The maximum absolute atomic E-state index is 13.3. The van der Waals surface area contributed by atoms with E-state index in [0.29, 0.717) is 33.8 Å². The minimum atomic E-state index is -3.82. The lowest BCUT2D eigenvalue weighted by atomic mass is 10.1. The lowest BCUT2D eigenvalue weighted by Crippen LogP contribution is -2.30. The zero-order valence-electron chi connectivity index (χ0n) is 16.1. The lowest BCUT2D eigenvalue weighted by Gasteiger charge is -2.22. The van der Waals surface area contributed by atoms with E-state index in [1.165, 1.54) is 48.1 Å². The summed E-state index contributed by atoms with van der Waals surface area (Å²) < 4.78 is 33.6. The third kappa shape index (κ3) is 3.55. The number of nitrogens with zero attached hydrogens (tertiary/aromatic N) is 2. The highest BCUT2D eigenvalue weighted by Gasteiger charge is 2.33. The number of carbonyl (C=O) groups excluding carboxylic acids is 1.